The molecule has 25 heavy (non-hydrogen) atoms. The van der Waals surface area contributed by atoms with Crippen molar-refractivity contribution in [1.82, 2.24) is 14.7 Å². The number of carbonyl (C=O) groups excluding carboxylic acids is 1. The fourth-order valence-electron chi connectivity index (χ4n) is 3.66. The molecule has 134 valence electrons. The predicted octanol–water partition coefficient (Wildman–Crippen LogP) is 4.18. The van der Waals surface area contributed by atoms with Gasteiger partial charge in [0.1, 0.15) is 0 Å². The molecule has 0 aliphatic carbocycles. The summed E-state index contributed by atoms with van der Waals surface area (Å²) in [6.07, 6.45) is 3.85. The Bertz CT molecular complexity index is 754. The number of aromatic nitrogens is 2. The van der Waals surface area contributed by atoms with E-state index in [0.29, 0.717) is 5.92 Å². The van der Waals surface area contributed by atoms with Gasteiger partial charge in [0, 0.05) is 13.1 Å². The number of hydrogen-bond donors (Lipinski definition) is 0. The highest BCUT2D eigenvalue weighted by Gasteiger charge is 2.28. The van der Waals surface area contributed by atoms with Crippen LogP contribution >= 0.6 is 0 Å². The van der Waals surface area contributed by atoms with E-state index in [0.717, 1.165) is 61.4 Å². The second kappa shape index (κ2) is 7.42. The van der Waals surface area contributed by atoms with Crippen LogP contribution in [-0.2, 0) is 12.8 Å². The smallest absolute Gasteiger partial charge is 0.257 e. The molecule has 0 bridgehead atoms. The van der Waals surface area contributed by atoms with Crippen LogP contribution in [0.15, 0.2) is 24.3 Å². The monoisotopic (exact) mass is 339 g/mol. The maximum absolute atomic E-state index is 13.2. The van der Waals surface area contributed by atoms with Crippen LogP contribution in [0.2, 0.25) is 0 Å². The number of likely N-dealkylation sites (tertiary alicyclic amines) is 1. The first-order valence-electron chi connectivity index (χ1n) is 9.48. The highest BCUT2D eigenvalue weighted by Crippen LogP contribution is 2.25. The number of rotatable bonds is 5. The zero-order chi connectivity index (χ0) is 18.0. The lowest BCUT2D eigenvalue weighted by atomic mass is 10.0. The van der Waals surface area contributed by atoms with Crippen LogP contribution in [0, 0.1) is 12.8 Å². The SMILES string of the molecule is CCc1c(C(=O)N2CCCC2)c(CC(C)C)nn1-c1cccc(C)c1. The number of benzene rings is 1. The minimum atomic E-state index is 0.170. The van der Waals surface area contributed by atoms with Crippen LogP contribution in [0.25, 0.3) is 5.69 Å². The number of amides is 1. The first kappa shape index (κ1) is 17.7. The zero-order valence-electron chi connectivity index (χ0n) is 15.9. The fraction of sp³-hybridized carbons (Fsp3) is 0.524. The quantitative estimate of drug-likeness (QED) is 0.820. The van der Waals surface area contributed by atoms with Crippen molar-refractivity contribution in [3.8, 4) is 5.69 Å². The Balaban J connectivity index is 2.12. The minimum Gasteiger partial charge on any atom is -0.339 e. The van der Waals surface area contributed by atoms with Crippen LogP contribution in [0.5, 0.6) is 0 Å². The van der Waals surface area contributed by atoms with E-state index in [2.05, 4.69) is 52.0 Å². The molecule has 0 saturated carbocycles. The van der Waals surface area contributed by atoms with Crippen molar-refractivity contribution >= 4 is 5.91 Å². The van der Waals surface area contributed by atoms with E-state index in [1.165, 1.54) is 5.56 Å². The average molecular weight is 339 g/mol. The van der Waals surface area contributed by atoms with Crippen molar-refractivity contribution in [2.24, 2.45) is 5.92 Å². The van der Waals surface area contributed by atoms with E-state index in [1.807, 2.05) is 9.58 Å². The lowest BCUT2D eigenvalue weighted by Crippen LogP contribution is -2.29. The summed E-state index contributed by atoms with van der Waals surface area (Å²) < 4.78 is 1.99. The standard InChI is InChI=1S/C21H29N3O/c1-5-19-20(21(25)23-11-6-7-12-23)18(13-15(2)3)22-24(19)17-10-8-9-16(4)14-17/h8-10,14-15H,5-7,11-13H2,1-4H3. The van der Waals surface area contributed by atoms with Crippen molar-refractivity contribution in [1.29, 1.82) is 0 Å². The Morgan fingerprint density at radius 1 is 1.24 bits per heavy atom. The molecule has 1 saturated heterocycles. The average Bonchev–Trinajstić information content (AvgIpc) is 3.21. The van der Waals surface area contributed by atoms with Crippen LogP contribution in [0.3, 0.4) is 0 Å². The summed E-state index contributed by atoms with van der Waals surface area (Å²) in [7, 11) is 0. The van der Waals surface area contributed by atoms with Crippen molar-refractivity contribution in [2.75, 3.05) is 13.1 Å². The van der Waals surface area contributed by atoms with Crippen LogP contribution in [-0.4, -0.2) is 33.7 Å². The predicted molar refractivity (Wildman–Crippen MR) is 101 cm³/mol. The van der Waals surface area contributed by atoms with Gasteiger partial charge in [0.15, 0.2) is 0 Å². The van der Waals surface area contributed by atoms with E-state index in [9.17, 15) is 4.79 Å². The molecule has 1 aromatic heterocycles. The summed E-state index contributed by atoms with van der Waals surface area (Å²) in [6.45, 7) is 10.3. The molecule has 1 aromatic carbocycles. The molecular formula is C21H29N3O. The molecule has 1 aliphatic heterocycles. The molecule has 0 spiro atoms. The van der Waals surface area contributed by atoms with Crippen molar-refractivity contribution in [3.05, 3.63) is 46.8 Å². The van der Waals surface area contributed by atoms with Gasteiger partial charge in [0.05, 0.1) is 22.6 Å². The molecule has 1 amide bonds. The van der Waals surface area contributed by atoms with E-state index in [-0.39, 0.29) is 5.91 Å². The molecule has 1 fully saturated rings. The maximum atomic E-state index is 13.2. The molecule has 2 heterocycles. The van der Waals surface area contributed by atoms with E-state index >= 15 is 0 Å². The number of nitrogens with zero attached hydrogens (tertiary/aromatic N) is 3. The Hall–Kier alpha value is -2.10. The van der Waals surface area contributed by atoms with Gasteiger partial charge in [-0.15, -0.1) is 0 Å². The van der Waals surface area contributed by atoms with Crippen LogP contribution < -0.4 is 0 Å². The van der Waals surface area contributed by atoms with Gasteiger partial charge in [0.25, 0.3) is 5.91 Å². The van der Waals surface area contributed by atoms with Gasteiger partial charge in [-0.3, -0.25) is 4.79 Å². The first-order valence-corrected chi connectivity index (χ1v) is 9.48. The highest BCUT2D eigenvalue weighted by molar-refractivity contribution is 5.97. The summed E-state index contributed by atoms with van der Waals surface area (Å²) in [5, 5.41) is 4.89. The van der Waals surface area contributed by atoms with Gasteiger partial charge in [-0.2, -0.15) is 5.10 Å². The second-order valence-corrected chi connectivity index (χ2v) is 7.47. The van der Waals surface area contributed by atoms with Crippen molar-refractivity contribution in [2.45, 2.75) is 53.4 Å². The summed E-state index contributed by atoms with van der Waals surface area (Å²) in [5.41, 5.74) is 5.08. The Labute approximate surface area is 150 Å². The van der Waals surface area contributed by atoms with Gasteiger partial charge >= 0.3 is 0 Å². The fourth-order valence-corrected chi connectivity index (χ4v) is 3.66. The van der Waals surface area contributed by atoms with Crippen molar-refractivity contribution in [3.63, 3.8) is 0 Å². The number of hydrogen-bond acceptors (Lipinski definition) is 2. The Morgan fingerprint density at radius 2 is 1.96 bits per heavy atom. The molecule has 2 aromatic rings. The lowest BCUT2D eigenvalue weighted by molar-refractivity contribution is 0.0790. The Morgan fingerprint density at radius 3 is 2.56 bits per heavy atom. The van der Waals surface area contributed by atoms with Crippen molar-refractivity contribution < 1.29 is 4.79 Å². The molecule has 0 radical (unpaired) electrons. The van der Waals surface area contributed by atoms with E-state index < -0.39 is 0 Å². The molecule has 3 rings (SSSR count). The number of carbonyl (C=O) groups is 1. The maximum Gasteiger partial charge on any atom is 0.257 e. The normalized spacial score (nSPS) is 14.5. The van der Waals surface area contributed by atoms with Crippen LogP contribution in [0.4, 0.5) is 0 Å². The summed E-state index contributed by atoms with van der Waals surface area (Å²) in [4.78, 5) is 15.2. The second-order valence-electron chi connectivity index (χ2n) is 7.47. The molecule has 0 atom stereocenters. The van der Waals surface area contributed by atoms with Gasteiger partial charge < -0.3 is 4.90 Å². The van der Waals surface area contributed by atoms with Gasteiger partial charge in [0.2, 0.25) is 0 Å². The third-order valence-corrected chi connectivity index (χ3v) is 4.84. The zero-order valence-corrected chi connectivity index (χ0v) is 15.9. The molecule has 0 unspecified atom stereocenters. The van der Waals surface area contributed by atoms with E-state index in [4.69, 9.17) is 5.10 Å². The molecular weight excluding hydrogens is 310 g/mol. The minimum absolute atomic E-state index is 0.170. The summed E-state index contributed by atoms with van der Waals surface area (Å²) >= 11 is 0. The molecule has 1 aliphatic rings. The van der Waals surface area contributed by atoms with E-state index in [1.54, 1.807) is 0 Å². The highest BCUT2D eigenvalue weighted by atomic mass is 16.2. The largest absolute Gasteiger partial charge is 0.339 e. The molecule has 0 N–H and O–H groups in total. The van der Waals surface area contributed by atoms with Gasteiger partial charge in [-0.25, -0.2) is 4.68 Å². The third kappa shape index (κ3) is 3.63. The first-order chi connectivity index (χ1) is 12.0. The summed E-state index contributed by atoms with van der Waals surface area (Å²) in [6, 6.07) is 8.34. The molecule has 4 nitrogen and oxygen atoms in total. The lowest BCUT2D eigenvalue weighted by Gasteiger charge is -2.17. The Kier molecular flexibility index (Phi) is 5.26. The van der Waals surface area contributed by atoms with Gasteiger partial charge in [-0.05, 0) is 56.2 Å². The van der Waals surface area contributed by atoms with Crippen LogP contribution in [0.1, 0.15) is 60.9 Å². The van der Waals surface area contributed by atoms with Gasteiger partial charge in [-0.1, -0.05) is 32.9 Å². The number of aryl methyl sites for hydroxylation is 1. The third-order valence-electron chi connectivity index (χ3n) is 4.84. The molecule has 4 heteroatoms. The summed E-state index contributed by atoms with van der Waals surface area (Å²) in [5.74, 6) is 0.639. The topological polar surface area (TPSA) is 38.1 Å².